The zero-order chi connectivity index (χ0) is 19.6. The van der Waals surface area contributed by atoms with Gasteiger partial charge in [0.05, 0.1) is 0 Å². The summed E-state index contributed by atoms with van der Waals surface area (Å²) in [4.78, 5) is 11.3. The predicted octanol–water partition coefficient (Wildman–Crippen LogP) is 5.32. The highest BCUT2D eigenvalue weighted by Crippen LogP contribution is 2.21. The van der Waals surface area contributed by atoms with Crippen LogP contribution in [0.3, 0.4) is 0 Å². The third kappa shape index (κ3) is 7.53. The highest BCUT2D eigenvalue weighted by molar-refractivity contribution is 6.35. The number of hydrogen-bond acceptors (Lipinski definition) is 5. The quantitative estimate of drug-likeness (QED) is 0.525. The van der Waals surface area contributed by atoms with Gasteiger partial charge >= 0.3 is 0 Å². The molecule has 0 aliphatic carbocycles. The van der Waals surface area contributed by atoms with Gasteiger partial charge in [-0.3, -0.25) is 0 Å². The van der Waals surface area contributed by atoms with Crippen molar-refractivity contribution < 1.29 is 0 Å². The minimum Gasteiger partial charge on any atom is -0.366 e. The van der Waals surface area contributed by atoms with Crippen molar-refractivity contribution >= 4 is 35.0 Å². The third-order valence-electron chi connectivity index (χ3n) is 4.51. The van der Waals surface area contributed by atoms with E-state index >= 15 is 0 Å². The maximum Gasteiger partial charge on any atom is 0.224 e. The van der Waals surface area contributed by atoms with E-state index < -0.39 is 0 Å². The zero-order valence-electron chi connectivity index (χ0n) is 16.3. The van der Waals surface area contributed by atoms with E-state index in [1.54, 1.807) is 12.3 Å². The molecular weight excluding hydrogens is 381 g/mol. The van der Waals surface area contributed by atoms with E-state index in [0.29, 0.717) is 28.6 Å². The van der Waals surface area contributed by atoms with Crippen LogP contribution in [0.25, 0.3) is 0 Å². The molecule has 0 amide bonds. The minimum absolute atomic E-state index is 0.321. The van der Waals surface area contributed by atoms with Gasteiger partial charge in [-0.1, -0.05) is 43.1 Å². The Bertz CT molecular complexity index is 707. The summed E-state index contributed by atoms with van der Waals surface area (Å²) in [6.07, 6.45) is 3.99. The van der Waals surface area contributed by atoms with Crippen LogP contribution in [0, 0.1) is 0 Å². The maximum absolute atomic E-state index is 6.21. The first-order chi connectivity index (χ1) is 13.0. The SMILES string of the molecule is CCN(CC)CCCC(C)Nc1nccc(NCc2ccc(Cl)cc2Cl)n1. The third-order valence-corrected chi connectivity index (χ3v) is 5.10. The van der Waals surface area contributed by atoms with Gasteiger partial charge in [-0.25, -0.2) is 4.98 Å². The molecule has 148 valence electrons. The number of hydrogen-bond donors (Lipinski definition) is 2. The van der Waals surface area contributed by atoms with Crippen LogP contribution in [0.4, 0.5) is 11.8 Å². The number of anilines is 2. The number of rotatable bonds is 11. The minimum atomic E-state index is 0.321. The first-order valence-corrected chi connectivity index (χ1v) is 10.3. The molecule has 0 radical (unpaired) electrons. The monoisotopic (exact) mass is 409 g/mol. The van der Waals surface area contributed by atoms with Crippen molar-refractivity contribution in [3.63, 3.8) is 0 Å². The van der Waals surface area contributed by atoms with Crippen molar-refractivity contribution in [3.8, 4) is 0 Å². The first-order valence-electron chi connectivity index (χ1n) is 9.51. The van der Waals surface area contributed by atoms with Crippen LogP contribution < -0.4 is 10.6 Å². The van der Waals surface area contributed by atoms with Crippen molar-refractivity contribution in [2.75, 3.05) is 30.3 Å². The number of halogens is 2. The van der Waals surface area contributed by atoms with Crippen LogP contribution >= 0.6 is 23.2 Å². The Balaban J connectivity index is 1.83. The smallest absolute Gasteiger partial charge is 0.224 e. The molecule has 1 unspecified atom stereocenters. The number of nitrogens with one attached hydrogen (secondary N) is 2. The van der Waals surface area contributed by atoms with Crippen LogP contribution in [0.2, 0.25) is 10.0 Å². The first kappa shape index (κ1) is 21.7. The summed E-state index contributed by atoms with van der Waals surface area (Å²) in [6.45, 7) is 10.5. The normalized spacial score (nSPS) is 12.2. The molecular formula is C20H29Cl2N5. The molecule has 5 nitrogen and oxygen atoms in total. The van der Waals surface area contributed by atoms with E-state index in [-0.39, 0.29) is 0 Å². The lowest BCUT2D eigenvalue weighted by Gasteiger charge is -2.19. The number of nitrogens with zero attached hydrogens (tertiary/aromatic N) is 3. The van der Waals surface area contributed by atoms with Crippen LogP contribution in [0.1, 0.15) is 39.2 Å². The van der Waals surface area contributed by atoms with E-state index in [9.17, 15) is 0 Å². The summed E-state index contributed by atoms with van der Waals surface area (Å²) in [6, 6.07) is 7.65. The van der Waals surface area contributed by atoms with Crippen LogP contribution in [-0.4, -0.2) is 40.5 Å². The standard InChI is InChI=1S/C20H29Cl2N5/c1-4-27(5-2)12-6-7-15(3)25-20-23-11-10-19(26-20)24-14-16-8-9-17(21)13-18(16)22/h8-11,13,15H,4-7,12,14H2,1-3H3,(H2,23,24,25,26). The van der Waals surface area contributed by atoms with Crippen LogP contribution in [0.5, 0.6) is 0 Å². The molecule has 0 spiro atoms. The molecule has 2 aromatic rings. The molecule has 0 fully saturated rings. The summed E-state index contributed by atoms with van der Waals surface area (Å²) >= 11 is 12.2. The fourth-order valence-corrected chi connectivity index (χ4v) is 3.31. The molecule has 0 bridgehead atoms. The Hall–Kier alpha value is -1.56. The molecule has 2 rings (SSSR count). The van der Waals surface area contributed by atoms with E-state index in [2.05, 4.69) is 46.3 Å². The maximum atomic E-state index is 6.21. The van der Waals surface area contributed by atoms with Gasteiger partial charge < -0.3 is 15.5 Å². The van der Waals surface area contributed by atoms with Crippen LogP contribution in [-0.2, 0) is 6.54 Å². The summed E-state index contributed by atoms with van der Waals surface area (Å²) in [5.41, 5.74) is 0.971. The van der Waals surface area contributed by atoms with Crippen molar-refractivity contribution in [1.82, 2.24) is 14.9 Å². The van der Waals surface area contributed by atoms with Gasteiger partial charge in [0.15, 0.2) is 0 Å². The molecule has 0 aliphatic rings. The fourth-order valence-electron chi connectivity index (χ4n) is 2.83. The second kappa shape index (κ2) is 11.3. The summed E-state index contributed by atoms with van der Waals surface area (Å²) in [5.74, 6) is 1.39. The van der Waals surface area contributed by atoms with E-state index in [0.717, 1.165) is 43.9 Å². The second-order valence-corrected chi connectivity index (χ2v) is 7.41. The lowest BCUT2D eigenvalue weighted by atomic mass is 10.2. The predicted molar refractivity (Wildman–Crippen MR) is 116 cm³/mol. The number of aromatic nitrogens is 2. The molecule has 7 heteroatoms. The van der Waals surface area contributed by atoms with Crippen molar-refractivity contribution in [2.45, 2.75) is 46.2 Å². The van der Waals surface area contributed by atoms with Crippen molar-refractivity contribution in [2.24, 2.45) is 0 Å². The summed E-state index contributed by atoms with van der Waals surface area (Å²) in [7, 11) is 0. The zero-order valence-corrected chi connectivity index (χ0v) is 17.8. The van der Waals surface area contributed by atoms with Crippen molar-refractivity contribution in [1.29, 1.82) is 0 Å². The fraction of sp³-hybridized carbons (Fsp3) is 0.500. The topological polar surface area (TPSA) is 53.1 Å². The van der Waals surface area contributed by atoms with Gasteiger partial charge in [-0.15, -0.1) is 0 Å². The molecule has 2 N–H and O–H groups in total. The van der Waals surface area contributed by atoms with E-state index in [1.807, 2.05) is 18.2 Å². The molecule has 1 atom stereocenters. The van der Waals surface area contributed by atoms with Gasteiger partial charge in [0.1, 0.15) is 5.82 Å². The highest BCUT2D eigenvalue weighted by atomic mass is 35.5. The molecule has 1 heterocycles. The molecule has 0 aliphatic heterocycles. The Morgan fingerprint density at radius 2 is 1.93 bits per heavy atom. The van der Waals surface area contributed by atoms with Crippen LogP contribution in [0.15, 0.2) is 30.5 Å². The molecule has 1 aromatic heterocycles. The Morgan fingerprint density at radius 3 is 2.63 bits per heavy atom. The Labute approximate surface area is 172 Å². The average molecular weight is 410 g/mol. The lowest BCUT2D eigenvalue weighted by Crippen LogP contribution is -2.26. The molecule has 0 saturated carbocycles. The largest absolute Gasteiger partial charge is 0.366 e. The average Bonchev–Trinajstić information content (AvgIpc) is 2.65. The molecule has 27 heavy (non-hydrogen) atoms. The van der Waals surface area contributed by atoms with Gasteiger partial charge in [-0.2, -0.15) is 4.98 Å². The lowest BCUT2D eigenvalue weighted by molar-refractivity contribution is 0.295. The molecule has 1 aromatic carbocycles. The highest BCUT2D eigenvalue weighted by Gasteiger charge is 2.07. The van der Waals surface area contributed by atoms with E-state index in [4.69, 9.17) is 23.2 Å². The van der Waals surface area contributed by atoms with Gasteiger partial charge in [0, 0.05) is 28.8 Å². The van der Waals surface area contributed by atoms with Gasteiger partial charge in [-0.05, 0) is 63.2 Å². The molecule has 0 saturated heterocycles. The van der Waals surface area contributed by atoms with Crippen molar-refractivity contribution in [3.05, 3.63) is 46.1 Å². The summed E-state index contributed by atoms with van der Waals surface area (Å²) < 4.78 is 0. The van der Waals surface area contributed by atoms with E-state index in [1.165, 1.54) is 0 Å². The summed E-state index contributed by atoms with van der Waals surface area (Å²) in [5, 5.41) is 7.94. The Kier molecular flexibility index (Phi) is 9.11. The number of benzene rings is 1. The van der Waals surface area contributed by atoms with Gasteiger partial charge in [0.2, 0.25) is 5.95 Å². The Morgan fingerprint density at radius 1 is 1.15 bits per heavy atom. The van der Waals surface area contributed by atoms with Gasteiger partial charge in [0.25, 0.3) is 0 Å². The second-order valence-electron chi connectivity index (χ2n) is 6.57.